The van der Waals surface area contributed by atoms with Crippen LogP contribution < -0.4 is 10.1 Å². The highest BCUT2D eigenvalue weighted by Gasteiger charge is 2.22. The summed E-state index contributed by atoms with van der Waals surface area (Å²) in [6.07, 6.45) is 0. The van der Waals surface area contributed by atoms with Crippen LogP contribution in [0.2, 0.25) is 0 Å². The molecule has 2 aromatic carbocycles. The molecule has 0 bridgehead atoms. The number of hydrogen-bond acceptors (Lipinski definition) is 5. The lowest BCUT2D eigenvalue weighted by Crippen LogP contribution is -2.25. The normalized spacial score (nSPS) is 11.8. The summed E-state index contributed by atoms with van der Waals surface area (Å²) in [4.78, 5) is 23.7. The van der Waals surface area contributed by atoms with Gasteiger partial charge in [-0.1, -0.05) is 12.1 Å². The van der Waals surface area contributed by atoms with Crippen LogP contribution in [-0.4, -0.2) is 20.6 Å². The number of nitrogens with zero attached hydrogens (tertiary/aromatic N) is 3. The van der Waals surface area contributed by atoms with Gasteiger partial charge in [0.2, 0.25) is 5.91 Å². The van der Waals surface area contributed by atoms with E-state index in [1.54, 1.807) is 17.7 Å². The van der Waals surface area contributed by atoms with Crippen LogP contribution in [0.15, 0.2) is 40.9 Å². The third-order valence-electron chi connectivity index (χ3n) is 4.92. The van der Waals surface area contributed by atoms with Gasteiger partial charge in [-0.05, 0) is 67.7 Å². The Labute approximate surface area is 188 Å². The molecule has 1 aromatic heterocycles. The summed E-state index contributed by atoms with van der Waals surface area (Å²) < 4.78 is 8.36. The second kappa shape index (κ2) is 8.89. The number of nitrogens with one attached hydrogen (secondary N) is 1. The number of aryl methyl sites for hydroxylation is 3. The van der Waals surface area contributed by atoms with Crippen LogP contribution >= 0.6 is 15.9 Å². The van der Waals surface area contributed by atoms with Gasteiger partial charge >= 0.3 is 0 Å². The number of carbonyl (C=O) groups excluding carboxylic acids is 1. The average molecular weight is 487 g/mol. The van der Waals surface area contributed by atoms with Crippen LogP contribution in [-0.2, 0) is 4.79 Å². The van der Waals surface area contributed by atoms with Crippen LogP contribution in [0.1, 0.15) is 35.5 Å². The molecule has 0 aliphatic carbocycles. The monoisotopic (exact) mass is 486 g/mol. The minimum Gasteiger partial charge on any atom is -0.457 e. The smallest absolute Gasteiger partial charge is 0.275 e. The van der Waals surface area contributed by atoms with Crippen molar-refractivity contribution < 1.29 is 14.5 Å². The molecule has 162 valence electrons. The molecule has 9 heteroatoms. The van der Waals surface area contributed by atoms with Crippen molar-refractivity contribution in [2.75, 3.05) is 5.32 Å². The molecule has 0 spiro atoms. The molecule has 0 fully saturated rings. The van der Waals surface area contributed by atoms with Crippen molar-refractivity contribution in [1.29, 1.82) is 0 Å². The number of amides is 1. The Bertz CT molecular complexity index is 1170. The van der Waals surface area contributed by atoms with Crippen LogP contribution in [0.4, 0.5) is 11.4 Å². The lowest BCUT2D eigenvalue weighted by Gasteiger charge is -2.15. The largest absolute Gasteiger partial charge is 0.457 e. The number of benzene rings is 2. The molecule has 0 saturated heterocycles. The number of nitro groups is 1. The van der Waals surface area contributed by atoms with Crippen molar-refractivity contribution in [2.24, 2.45) is 0 Å². The summed E-state index contributed by atoms with van der Waals surface area (Å²) in [5.74, 6) is 0.509. The number of aromatic nitrogens is 2. The van der Waals surface area contributed by atoms with Gasteiger partial charge in [-0.25, -0.2) is 0 Å². The Balaban J connectivity index is 1.89. The number of nitro benzene ring substituents is 1. The minimum atomic E-state index is -0.618. The van der Waals surface area contributed by atoms with Gasteiger partial charge in [0, 0.05) is 12.1 Å². The van der Waals surface area contributed by atoms with E-state index in [9.17, 15) is 14.9 Å². The van der Waals surface area contributed by atoms with E-state index in [4.69, 9.17) is 4.74 Å². The fourth-order valence-corrected chi connectivity index (χ4v) is 3.40. The van der Waals surface area contributed by atoms with Gasteiger partial charge in [0.1, 0.15) is 17.5 Å². The van der Waals surface area contributed by atoms with Crippen molar-refractivity contribution in [3.63, 3.8) is 0 Å². The topological polar surface area (TPSA) is 99.3 Å². The van der Waals surface area contributed by atoms with Crippen LogP contribution in [0.5, 0.6) is 11.5 Å². The summed E-state index contributed by atoms with van der Waals surface area (Å²) >= 11 is 3.46. The Kier molecular flexibility index (Phi) is 6.45. The zero-order valence-corrected chi connectivity index (χ0v) is 19.5. The van der Waals surface area contributed by atoms with Crippen molar-refractivity contribution in [1.82, 2.24) is 9.78 Å². The molecule has 0 saturated carbocycles. The second-order valence-corrected chi connectivity index (χ2v) is 8.23. The van der Waals surface area contributed by atoms with Gasteiger partial charge in [-0.3, -0.25) is 19.6 Å². The Morgan fingerprint density at radius 3 is 2.52 bits per heavy atom. The molecule has 1 heterocycles. The number of halogens is 1. The molecule has 3 aromatic rings. The van der Waals surface area contributed by atoms with Crippen molar-refractivity contribution in [3.8, 4) is 11.5 Å². The van der Waals surface area contributed by atoms with Crippen LogP contribution in [0, 0.1) is 37.8 Å². The molecular weight excluding hydrogens is 464 g/mol. The number of hydrogen-bond donors (Lipinski definition) is 1. The predicted molar refractivity (Wildman–Crippen MR) is 122 cm³/mol. The molecule has 1 atom stereocenters. The third kappa shape index (κ3) is 4.93. The summed E-state index contributed by atoms with van der Waals surface area (Å²) in [5.41, 5.74) is 3.58. The zero-order chi connectivity index (χ0) is 22.9. The van der Waals surface area contributed by atoms with E-state index >= 15 is 0 Å². The van der Waals surface area contributed by atoms with Gasteiger partial charge in [0.05, 0.1) is 32.5 Å². The highest BCUT2D eigenvalue weighted by Crippen LogP contribution is 2.32. The fraction of sp³-hybridized carbons (Fsp3) is 0.273. The maximum atomic E-state index is 12.8. The van der Waals surface area contributed by atoms with E-state index in [1.807, 2.05) is 45.9 Å². The molecule has 0 aliphatic rings. The highest BCUT2D eigenvalue weighted by atomic mass is 79.9. The first-order chi connectivity index (χ1) is 14.6. The molecule has 3 rings (SSSR count). The number of carbonyl (C=O) groups is 1. The van der Waals surface area contributed by atoms with Gasteiger partial charge in [0.15, 0.2) is 0 Å². The van der Waals surface area contributed by atoms with E-state index in [-0.39, 0.29) is 23.0 Å². The number of anilines is 1. The van der Waals surface area contributed by atoms with Crippen molar-refractivity contribution in [2.45, 2.75) is 40.7 Å². The summed E-state index contributed by atoms with van der Waals surface area (Å²) in [7, 11) is 0. The average Bonchev–Trinajstić information content (AvgIpc) is 2.97. The van der Waals surface area contributed by atoms with E-state index in [2.05, 4.69) is 26.3 Å². The van der Waals surface area contributed by atoms with Gasteiger partial charge in [-0.15, -0.1) is 0 Å². The number of non-ortho nitro benzene ring substituents is 1. The molecular formula is C22H23BrN4O4. The summed E-state index contributed by atoms with van der Waals surface area (Å²) in [5, 5.41) is 18.6. The van der Waals surface area contributed by atoms with E-state index in [0.29, 0.717) is 5.75 Å². The Morgan fingerprint density at radius 1 is 1.19 bits per heavy atom. The molecule has 1 unspecified atom stereocenters. The maximum absolute atomic E-state index is 12.8. The Morgan fingerprint density at radius 2 is 1.90 bits per heavy atom. The molecule has 0 aliphatic heterocycles. The van der Waals surface area contributed by atoms with Crippen molar-refractivity contribution in [3.05, 3.63) is 73.5 Å². The highest BCUT2D eigenvalue weighted by molar-refractivity contribution is 9.10. The lowest BCUT2D eigenvalue weighted by molar-refractivity contribution is -0.384. The summed E-state index contributed by atoms with van der Waals surface area (Å²) in [6, 6.07) is 9.31. The van der Waals surface area contributed by atoms with Gasteiger partial charge < -0.3 is 10.1 Å². The number of ether oxygens (including phenoxy) is 1. The van der Waals surface area contributed by atoms with E-state index in [0.717, 1.165) is 27.0 Å². The first kappa shape index (κ1) is 22.5. The lowest BCUT2D eigenvalue weighted by atomic mass is 10.1. The molecule has 8 nitrogen and oxygen atoms in total. The van der Waals surface area contributed by atoms with Crippen LogP contribution in [0.3, 0.4) is 0 Å². The maximum Gasteiger partial charge on any atom is 0.275 e. The molecule has 31 heavy (non-hydrogen) atoms. The number of rotatable bonds is 6. The fourth-order valence-electron chi connectivity index (χ4n) is 3.14. The van der Waals surface area contributed by atoms with Gasteiger partial charge in [0.25, 0.3) is 5.69 Å². The zero-order valence-electron chi connectivity index (χ0n) is 17.9. The van der Waals surface area contributed by atoms with E-state index in [1.165, 1.54) is 12.1 Å². The minimum absolute atomic E-state index is 0.181. The van der Waals surface area contributed by atoms with Crippen LogP contribution in [0.25, 0.3) is 0 Å². The van der Waals surface area contributed by atoms with Gasteiger partial charge in [-0.2, -0.15) is 5.10 Å². The van der Waals surface area contributed by atoms with Crippen molar-refractivity contribution >= 4 is 33.2 Å². The third-order valence-corrected chi connectivity index (χ3v) is 6.07. The first-order valence-corrected chi connectivity index (χ1v) is 10.4. The Hall–Kier alpha value is -3.20. The SMILES string of the molecule is Cc1ccc(C)c(Oc2cc(NC(=O)C(C)n3nc(C)c(Br)c3C)cc([N+](=O)[O-])c2)c1. The second-order valence-electron chi connectivity index (χ2n) is 7.44. The predicted octanol–water partition coefficient (Wildman–Crippen LogP) is 5.78. The quantitative estimate of drug-likeness (QED) is 0.351. The van der Waals surface area contributed by atoms with E-state index < -0.39 is 11.0 Å². The summed E-state index contributed by atoms with van der Waals surface area (Å²) in [6.45, 7) is 9.24. The first-order valence-electron chi connectivity index (χ1n) is 9.63. The molecule has 1 N–H and O–H groups in total. The molecule has 0 radical (unpaired) electrons. The molecule has 1 amide bonds. The standard InChI is InChI=1S/C22H23BrN4O4/c1-12-6-7-13(2)20(8-12)31-19-10-17(9-18(11-19)27(29)30)24-22(28)16(5)26-15(4)21(23)14(3)25-26/h6-11,16H,1-5H3,(H,24,28).